The minimum Gasteiger partial charge on any atom is -0.480 e. The monoisotopic (exact) mass is 290 g/mol. The molecule has 0 rings (SSSR count). The average Bonchev–Trinajstić information content (AvgIpc) is 2.22. The molecule has 0 radical (unpaired) electrons. The van der Waals surface area contributed by atoms with Crippen LogP contribution < -0.4 is 10.6 Å². The smallest absolute Gasteiger partial charge is 0.441 e. The number of carboxylic acids is 1. The fourth-order valence-electron chi connectivity index (χ4n) is 0.790. The normalized spacial score (nSPS) is 11.1. The molecule has 0 fully saturated rings. The van der Waals surface area contributed by atoms with E-state index in [0.717, 1.165) is 0 Å². The zero-order valence-corrected chi connectivity index (χ0v) is 10.1. The summed E-state index contributed by atoms with van der Waals surface area (Å²) in [5, 5.41) is 12.7. The van der Waals surface area contributed by atoms with Crippen molar-refractivity contribution in [1.29, 1.82) is 0 Å². The third-order valence-corrected chi connectivity index (χ3v) is 2.15. The molecule has 0 heterocycles. The van der Waals surface area contributed by atoms with Gasteiger partial charge >= 0.3 is 17.5 Å². The Kier molecular flexibility index (Phi) is 8.29. The van der Waals surface area contributed by atoms with Gasteiger partial charge in [0, 0.05) is 18.8 Å². The van der Waals surface area contributed by atoms with Crippen LogP contribution in [-0.2, 0) is 9.53 Å². The highest BCUT2D eigenvalue weighted by atomic mass is 32.2. The largest absolute Gasteiger partial charge is 0.480 e. The number of rotatable bonds is 8. The first-order valence-electron chi connectivity index (χ1n) is 4.83. The standard InChI is InChI=1S/C8H13F3N2O4S/c9-8(10,11)18-4-2-13-7(16)12-1-3-17-5-6(14)15/h1-5H2,(H,14,15)(H2,12,13,16). The summed E-state index contributed by atoms with van der Waals surface area (Å²) in [6, 6.07) is -0.628. The molecule has 0 bridgehead atoms. The van der Waals surface area contributed by atoms with Crippen molar-refractivity contribution in [2.45, 2.75) is 5.51 Å². The number of halogens is 3. The van der Waals surface area contributed by atoms with Gasteiger partial charge < -0.3 is 20.5 Å². The zero-order valence-electron chi connectivity index (χ0n) is 9.25. The van der Waals surface area contributed by atoms with Crippen LogP contribution in [0.5, 0.6) is 0 Å². The molecule has 0 unspecified atom stereocenters. The van der Waals surface area contributed by atoms with Gasteiger partial charge in [-0.25, -0.2) is 9.59 Å². The fraction of sp³-hybridized carbons (Fsp3) is 0.750. The van der Waals surface area contributed by atoms with Gasteiger partial charge in [0.15, 0.2) is 0 Å². The van der Waals surface area contributed by atoms with Crippen LogP contribution in [0.2, 0.25) is 0 Å². The van der Waals surface area contributed by atoms with E-state index in [1.165, 1.54) is 0 Å². The van der Waals surface area contributed by atoms with Crippen LogP contribution >= 0.6 is 11.8 Å². The molecule has 0 aromatic rings. The summed E-state index contributed by atoms with van der Waals surface area (Å²) >= 11 is -0.222. The molecular formula is C8H13F3N2O4S. The van der Waals surface area contributed by atoms with Crippen LogP contribution in [0.1, 0.15) is 0 Å². The van der Waals surface area contributed by atoms with Gasteiger partial charge in [0.1, 0.15) is 6.61 Å². The molecule has 3 N–H and O–H groups in total. The second-order valence-corrected chi connectivity index (χ2v) is 4.08. The van der Waals surface area contributed by atoms with Crippen molar-refractivity contribution in [3.05, 3.63) is 0 Å². The number of carboxylic acid groups (broad SMARTS) is 1. The number of carbonyl (C=O) groups is 2. The molecule has 0 aromatic heterocycles. The van der Waals surface area contributed by atoms with Crippen molar-refractivity contribution in [3.63, 3.8) is 0 Å². The number of amides is 2. The lowest BCUT2D eigenvalue weighted by Crippen LogP contribution is -2.38. The summed E-state index contributed by atoms with van der Waals surface area (Å²) in [7, 11) is 0. The Hall–Kier alpha value is -1.16. The Morgan fingerprint density at radius 1 is 1.22 bits per heavy atom. The molecule has 0 aliphatic carbocycles. The van der Waals surface area contributed by atoms with Gasteiger partial charge in [-0.2, -0.15) is 13.2 Å². The van der Waals surface area contributed by atoms with Crippen molar-refractivity contribution in [2.75, 3.05) is 32.1 Å². The predicted molar refractivity (Wildman–Crippen MR) is 58.4 cm³/mol. The predicted octanol–water partition coefficient (Wildman–Crippen LogP) is 0.640. The maximum Gasteiger partial charge on any atom is 0.441 e. The van der Waals surface area contributed by atoms with E-state index in [9.17, 15) is 22.8 Å². The second-order valence-electron chi connectivity index (χ2n) is 2.92. The Bertz CT molecular complexity index is 276. The number of urea groups is 1. The summed E-state index contributed by atoms with van der Waals surface area (Å²) in [5.41, 5.74) is -4.30. The first-order valence-corrected chi connectivity index (χ1v) is 5.82. The van der Waals surface area contributed by atoms with Crippen LogP contribution in [0.15, 0.2) is 0 Å². The van der Waals surface area contributed by atoms with Crippen molar-refractivity contribution in [2.24, 2.45) is 0 Å². The van der Waals surface area contributed by atoms with Gasteiger partial charge in [-0.3, -0.25) is 0 Å². The van der Waals surface area contributed by atoms with Crippen LogP contribution in [0.3, 0.4) is 0 Å². The Labute approximate surface area is 105 Å². The lowest BCUT2D eigenvalue weighted by atomic mass is 10.6. The highest BCUT2D eigenvalue weighted by molar-refractivity contribution is 8.00. The summed E-state index contributed by atoms with van der Waals surface area (Å²) in [6.45, 7) is -0.500. The maximum atomic E-state index is 11.7. The molecule has 0 aliphatic heterocycles. The molecule has 6 nitrogen and oxygen atoms in total. The number of carbonyl (C=O) groups excluding carboxylic acids is 1. The lowest BCUT2D eigenvalue weighted by molar-refractivity contribution is -0.142. The van der Waals surface area contributed by atoms with Crippen molar-refractivity contribution < 1.29 is 32.6 Å². The van der Waals surface area contributed by atoms with E-state index in [1.54, 1.807) is 0 Å². The Morgan fingerprint density at radius 3 is 2.39 bits per heavy atom. The van der Waals surface area contributed by atoms with E-state index in [2.05, 4.69) is 15.4 Å². The van der Waals surface area contributed by atoms with E-state index in [4.69, 9.17) is 5.11 Å². The number of hydrogen-bond donors (Lipinski definition) is 3. The van der Waals surface area contributed by atoms with Crippen molar-refractivity contribution in [1.82, 2.24) is 10.6 Å². The van der Waals surface area contributed by atoms with Crippen LogP contribution in [-0.4, -0.2) is 54.7 Å². The van der Waals surface area contributed by atoms with E-state index < -0.39 is 24.1 Å². The summed E-state index contributed by atoms with van der Waals surface area (Å²) in [4.78, 5) is 21.0. The molecule has 2 amide bonds. The molecule has 0 aromatic carbocycles. The summed E-state index contributed by atoms with van der Waals surface area (Å²) in [5.74, 6) is -1.39. The fourth-order valence-corrected chi connectivity index (χ4v) is 1.23. The molecule has 0 spiro atoms. The van der Waals surface area contributed by atoms with Gasteiger partial charge in [-0.05, 0) is 11.8 Å². The SMILES string of the molecule is O=C(O)COCCNC(=O)NCCSC(F)(F)F. The van der Waals surface area contributed by atoms with Gasteiger partial charge in [0.25, 0.3) is 0 Å². The molecule has 18 heavy (non-hydrogen) atoms. The molecule has 0 saturated heterocycles. The second kappa shape index (κ2) is 8.86. The third-order valence-electron chi connectivity index (χ3n) is 1.41. The minimum absolute atomic E-state index is 0.0109. The van der Waals surface area contributed by atoms with E-state index in [-0.39, 0.29) is 37.2 Å². The average molecular weight is 290 g/mol. The molecule has 0 atom stereocenters. The Morgan fingerprint density at radius 2 is 1.83 bits per heavy atom. The number of ether oxygens (including phenoxy) is 1. The number of thioether (sulfide) groups is 1. The first-order chi connectivity index (χ1) is 8.31. The quantitative estimate of drug-likeness (QED) is 0.571. The first kappa shape index (κ1) is 16.8. The molecule has 0 saturated carbocycles. The minimum atomic E-state index is -4.30. The van der Waals surface area contributed by atoms with Gasteiger partial charge in [-0.1, -0.05) is 0 Å². The van der Waals surface area contributed by atoms with E-state index in [0.29, 0.717) is 0 Å². The van der Waals surface area contributed by atoms with Crippen LogP contribution in [0, 0.1) is 0 Å². The van der Waals surface area contributed by atoms with E-state index >= 15 is 0 Å². The van der Waals surface area contributed by atoms with Crippen LogP contribution in [0.4, 0.5) is 18.0 Å². The molecule has 106 valence electrons. The van der Waals surface area contributed by atoms with E-state index in [1.807, 2.05) is 0 Å². The number of aliphatic carboxylic acids is 1. The van der Waals surface area contributed by atoms with Gasteiger partial charge in [0.05, 0.1) is 6.61 Å². The summed E-state index contributed by atoms with van der Waals surface area (Å²) in [6.07, 6.45) is 0. The third kappa shape index (κ3) is 12.9. The maximum absolute atomic E-state index is 11.7. The van der Waals surface area contributed by atoms with Crippen LogP contribution in [0.25, 0.3) is 0 Å². The highest BCUT2D eigenvalue weighted by Crippen LogP contribution is 2.29. The lowest BCUT2D eigenvalue weighted by Gasteiger charge is -2.08. The molecular weight excluding hydrogens is 277 g/mol. The Balaban J connectivity index is 3.35. The highest BCUT2D eigenvalue weighted by Gasteiger charge is 2.27. The number of hydrogen-bond acceptors (Lipinski definition) is 4. The van der Waals surface area contributed by atoms with Crippen molar-refractivity contribution in [3.8, 4) is 0 Å². The van der Waals surface area contributed by atoms with Gasteiger partial charge in [-0.15, -0.1) is 0 Å². The number of nitrogens with one attached hydrogen (secondary N) is 2. The molecule has 10 heteroatoms. The summed E-state index contributed by atoms with van der Waals surface area (Å²) < 4.78 is 39.7. The zero-order chi connectivity index (χ0) is 14.0. The number of alkyl halides is 3. The topological polar surface area (TPSA) is 87.7 Å². The van der Waals surface area contributed by atoms with Crippen molar-refractivity contribution >= 4 is 23.8 Å². The molecule has 0 aliphatic rings. The van der Waals surface area contributed by atoms with Gasteiger partial charge in [0.2, 0.25) is 0 Å².